The summed E-state index contributed by atoms with van der Waals surface area (Å²) in [4.78, 5) is 36.7. The van der Waals surface area contributed by atoms with E-state index in [2.05, 4.69) is 19.9 Å². The van der Waals surface area contributed by atoms with Gasteiger partial charge in [0.05, 0.1) is 11.1 Å². The van der Waals surface area contributed by atoms with Crippen LogP contribution in [0.5, 0.6) is 0 Å². The number of nitrogens with one attached hydrogen (secondary N) is 1. The van der Waals surface area contributed by atoms with E-state index in [0.29, 0.717) is 24.6 Å². The molecule has 8 nitrogen and oxygen atoms in total. The zero-order chi connectivity index (χ0) is 17.4. The predicted molar refractivity (Wildman–Crippen MR) is 92.0 cm³/mol. The normalized spacial score (nSPS) is 15.6. The fourth-order valence-corrected chi connectivity index (χ4v) is 3.40. The van der Waals surface area contributed by atoms with Crippen LogP contribution in [-0.2, 0) is 0 Å². The zero-order valence-electron chi connectivity index (χ0n) is 13.4. The number of hydrogen-bond acceptors (Lipinski definition) is 5. The highest BCUT2D eigenvalue weighted by Gasteiger charge is 2.24. The maximum absolute atomic E-state index is 12.3. The number of fused-ring (bicyclic) bond motifs is 1. The number of pyridine rings is 2. The van der Waals surface area contributed by atoms with Gasteiger partial charge in [-0.05, 0) is 37.1 Å². The number of carbonyl (C=O) groups is 1. The number of aromatic nitrogens is 4. The number of carboxylic acids is 1. The average Bonchev–Trinajstić information content (AvgIpc) is 2.97. The Morgan fingerprint density at radius 1 is 1.20 bits per heavy atom. The summed E-state index contributed by atoms with van der Waals surface area (Å²) >= 11 is 0. The van der Waals surface area contributed by atoms with Gasteiger partial charge in [0.15, 0.2) is 5.65 Å². The number of hydrogen-bond donors (Lipinski definition) is 2. The summed E-state index contributed by atoms with van der Waals surface area (Å²) in [5, 5.41) is 9.11. The summed E-state index contributed by atoms with van der Waals surface area (Å²) in [7, 11) is 0. The third-order valence-electron chi connectivity index (χ3n) is 4.64. The molecule has 4 heterocycles. The summed E-state index contributed by atoms with van der Waals surface area (Å²) in [5.74, 6) is -0.303. The van der Waals surface area contributed by atoms with Crippen molar-refractivity contribution in [3.8, 4) is 0 Å². The molecule has 0 saturated carbocycles. The Balaban J connectivity index is 1.55. The second-order valence-electron chi connectivity index (χ2n) is 6.10. The van der Waals surface area contributed by atoms with Crippen LogP contribution < -0.4 is 10.6 Å². The lowest BCUT2D eigenvalue weighted by molar-refractivity contribution is 0.0696. The molecule has 0 aromatic carbocycles. The fraction of sp³-hybridized carbons (Fsp3) is 0.294. The zero-order valence-corrected chi connectivity index (χ0v) is 13.4. The maximum Gasteiger partial charge on any atom is 0.335 e. The van der Waals surface area contributed by atoms with Crippen molar-refractivity contribution in [1.29, 1.82) is 0 Å². The number of anilines is 1. The Bertz CT molecular complexity index is 985. The Labute approximate surface area is 142 Å². The number of imidazole rings is 1. The van der Waals surface area contributed by atoms with Crippen LogP contribution in [0.4, 0.5) is 5.82 Å². The first-order chi connectivity index (χ1) is 12.1. The molecule has 1 fully saturated rings. The molecule has 3 aromatic heterocycles. The van der Waals surface area contributed by atoms with Gasteiger partial charge in [-0.3, -0.25) is 9.55 Å². The molecule has 1 saturated heterocycles. The van der Waals surface area contributed by atoms with Gasteiger partial charge >= 0.3 is 11.7 Å². The summed E-state index contributed by atoms with van der Waals surface area (Å²) in [6.45, 7) is 1.42. The highest BCUT2D eigenvalue weighted by Crippen LogP contribution is 2.27. The monoisotopic (exact) mass is 339 g/mol. The van der Waals surface area contributed by atoms with E-state index < -0.39 is 5.97 Å². The largest absolute Gasteiger partial charge is 0.478 e. The number of piperidine rings is 1. The Morgan fingerprint density at radius 3 is 2.76 bits per heavy atom. The van der Waals surface area contributed by atoms with E-state index in [0.717, 1.165) is 18.4 Å². The number of aromatic amines is 1. The molecule has 0 spiro atoms. The molecule has 25 heavy (non-hydrogen) atoms. The lowest BCUT2D eigenvalue weighted by atomic mass is 10.0. The van der Waals surface area contributed by atoms with Gasteiger partial charge in [-0.15, -0.1) is 0 Å². The molecule has 0 unspecified atom stereocenters. The fourth-order valence-electron chi connectivity index (χ4n) is 3.40. The molecule has 3 aromatic rings. The minimum atomic E-state index is -0.962. The highest BCUT2D eigenvalue weighted by molar-refractivity contribution is 5.88. The van der Waals surface area contributed by atoms with E-state index in [-0.39, 0.29) is 17.3 Å². The highest BCUT2D eigenvalue weighted by atomic mass is 16.4. The molecular weight excluding hydrogens is 322 g/mol. The van der Waals surface area contributed by atoms with Crippen molar-refractivity contribution in [3.63, 3.8) is 0 Å². The molecule has 1 aliphatic heterocycles. The molecule has 0 amide bonds. The third kappa shape index (κ3) is 2.75. The second kappa shape index (κ2) is 6.04. The maximum atomic E-state index is 12.3. The van der Waals surface area contributed by atoms with Crippen LogP contribution in [0.3, 0.4) is 0 Å². The van der Waals surface area contributed by atoms with Crippen LogP contribution in [0, 0.1) is 0 Å². The first kappa shape index (κ1) is 15.4. The van der Waals surface area contributed by atoms with E-state index in [1.54, 1.807) is 16.8 Å². The van der Waals surface area contributed by atoms with Crippen molar-refractivity contribution >= 4 is 23.0 Å². The van der Waals surface area contributed by atoms with E-state index in [1.807, 2.05) is 12.1 Å². The summed E-state index contributed by atoms with van der Waals surface area (Å²) in [6.07, 6.45) is 4.73. The van der Waals surface area contributed by atoms with Gasteiger partial charge in [-0.25, -0.2) is 19.6 Å². The number of carboxylic acid groups (broad SMARTS) is 1. The molecule has 0 atom stereocenters. The van der Waals surface area contributed by atoms with Crippen molar-refractivity contribution in [2.45, 2.75) is 18.9 Å². The molecule has 4 rings (SSSR count). The van der Waals surface area contributed by atoms with Crippen LogP contribution >= 0.6 is 0 Å². The first-order valence-corrected chi connectivity index (χ1v) is 8.13. The smallest absolute Gasteiger partial charge is 0.335 e. The molecular formula is C17H17N5O3. The van der Waals surface area contributed by atoms with E-state index >= 15 is 0 Å². The minimum Gasteiger partial charge on any atom is -0.478 e. The molecule has 0 bridgehead atoms. The van der Waals surface area contributed by atoms with Crippen molar-refractivity contribution < 1.29 is 9.90 Å². The summed E-state index contributed by atoms with van der Waals surface area (Å²) in [5.41, 5.74) is 1.51. The van der Waals surface area contributed by atoms with Gasteiger partial charge < -0.3 is 10.0 Å². The number of H-pyrrole nitrogens is 1. The van der Waals surface area contributed by atoms with E-state index in [9.17, 15) is 9.59 Å². The molecule has 0 radical (unpaired) electrons. The first-order valence-electron chi connectivity index (χ1n) is 8.13. The Kier molecular flexibility index (Phi) is 3.72. The van der Waals surface area contributed by atoms with Crippen LogP contribution in [0.2, 0.25) is 0 Å². The molecule has 2 N–H and O–H groups in total. The van der Waals surface area contributed by atoms with Crippen LogP contribution in [0.15, 0.2) is 41.5 Å². The topological polar surface area (TPSA) is 104 Å². The van der Waals surface area contributed by atoms with Crippen LogP contribution in [0.25, 0.3) is 11.2 Å². The van der Waals surface area contributed by atoms with Crippen molar-refractivity contribution in [3.05, 3.63) is 52.7 Å². The minimum absolute atomic E-state index is 0.0874. The van der Waals surface area contributed by atoms with Crippen molar-refractivity contribution in [2.75, 3.05) is 18.0 Å². The second-order valence-corrected chi connectivity index (χ2v) is 6.10. The standard InChI is InChI=1S/C17H17N5O3/c23-16(24)11-3-7-18-14(10-11)21-8-4-12(5-9-21)22-13-2-1-6-19-15(13)20-17(22)25/h1-3,6-7,10,12H,4-5,8-9H2,(H,23,24)(H,19,20,25). The van der Waals surface area contributed by atoms with Gasteiger partial charge in [0.1, 0.15) is 5.82 Å². The number of nitrogens with zero attached hydrogens (tertiary/aromatic N) is 4. The van der Waals surface area contributed by atoms with Gasteiger partial charge in [0.2, 0.25) is 0 Å². The molecule has 128 valence electrons. The van der Waals surface area contributed by atoms with Crippen LogP contribution in [0.1, 0.15) is 29.2 Å². The Hall–Kier alpha value is -3.16. The van der Waals surface area contributed by atoms with E-state index in [4.69, 9.17) is 5.11 Å². The summed E-state index contributed by atoms with van der Waals surface area (Å²) in [6, 6.07) is 6.87. The molecule has 8 heteroatoms. The number of aromatic carboxylic acids is 1. The van der Waals surface area contributed by atoms with Gasteiger partial charge in [-0.1, -0.05) is 0 Å². The van der Waals surface area contributed by atoms with Crippen LogP contribution in [-0.4, -0.2) is 43.7 Å². The van der Waals surface area contributed by atoms with Crippen molar-refractivity contribution in [1.82, 2.24) is 19.5 Å². The molecule has 0 aliphatic carbocycles. The predicted octanol–water partition coefficient (Wildman–Crippen LogP) is 1.66. The number of rotatable bonds is 3. The lowest BCUT2D eigenvalue weighted by Gasteiger charge is -2.33. The lowest BCUT2D eigenvalue weighted by Crippen LogP contribution is -2.37. The molecule has 1 aliphatic rings. The van der Waals surface area contributed by atoms with E-state index in [1.165, 1.54) is 12.3 Å². The SMILES string of the molecule is O=C(O)c1ccnc(N2CCC(n3c(=O)[nH]c4ncccc43)CC2)c1. The van der Waals surface area contributed by atoms with Gasteiger partial charge in [0.25, 0.3) is 0 Å². The third-order valence-corrected chi connectivity index (χ3v) is 4.64. The average molecular weight is 339 g/mol. The van der Waals surface area contributed by atoms with Gasteiger partial charge in [0, 0.05) is 31.5 Å². The Morgan fingerprint density at radius 2 is 2.00 bits per heavy atom. The quantitative estimate of drug-likeness (QED) is 0.752. The van der Waals surface area contributed by atoms with Crippen molar-refractivity contribution in [2.24, 2.45) is 0 Å². The van der Waals surface area contributed by atoms with Gasteiger partial charge in [-0.2, -0.15) is 0 Å². The summed E-state index contributed by atoms with van der Waals surface area (Å²) < 4.78 is 1.78.